The van der Waals surface area contributed by atoms with Gasteiger partial charge in [-0.1, -0.05) is 64.3 Å². The van der Waals surface area contributed by atoms with E-state index < -0.39 is 21.4 Å². The van der Waals surface area contributed by atoms with Gasteiger partial charge in [0, 0.05) is 0 Å². The third-order valence-corrected chi connectivity index (χ3v) is 5.19. The van der Waals surface area contributed by atoms with Crippen LogP contribution in [0.2, 0.25) is 19.0 Å². The molecule has 0 spiro atoms. The summed E-state index contributed by atoms with van der Waals surface area (Å²) < 4.78 is 34.9. The van der Waals surface area contributed by atoms with Crippen LogP contribution in [0.25, 0.3) is 0 Å². The summed E-state index contributed by atoms with van der Waals surface area (Å²) >= 11 is 0. The second kappa shape index (κ2) is 14.4. The van der Waals surface area contributed by atoms with E-state index in [1.165, 1.54) is 0 Å². The first-order chi connectivity index (χ1) is 14.6. The molecule has 0 aromatic heterocycles. The summed E-state index contributed by atoms with van der Waals surface area (Å²) in [6.07, 6.45) is 9.83. The SMILES string of the molecule is C=CB1OB(C=C)OB(C(=C)CCCCB2OB(CCCC)OB(CCCC)O2)O1. The van der Waals surface area contributed by atoms with Gasteiger partial charge in [0.2, 0.25) is 0 Å². The smallest absolute Gasteiger partial charge is 0.453 e. The van der Waals surface area contributed by atoms with E-state index in [0.29, 0.717) is 0 Å². The largest absolute Gasteiger partial charge is 0.462 e. The quantitative estimate of drug-likeness (QED) is 0.313. The summed E-state index contributed by atoms with van der Waals surface area (Å²) in [5, 5.41) is 0. The Balaban J connectivity index is 1.73. The summed E-state index contributed by atoms with van der Waals surface area (Å²) in [6, 6.07) is 0. The van der Waals surface area contributed by atoms with Crippen LogP contribution >= 0.6 is 0 Å². The van der Waals surface area contributed by atoms with Crippen molar-refractivity contribution >= 4 is 42.7 Å². The molecule has 0 aromatic carbocycles. The van der Waals surface area contributed by atoms with Crippen molar-refractivity contribution in [1.82, 2.24) is 0 Å². The minimum absolute atomic E-state index is 0.156. The molecule has 0 atom stereocenters. The molecule has 2 aliphatic rings. The fourth-order valence-electron chi connectivity index (χ4n) is 3.42. The Morgan fingerprint density at radius 3 is 1.57 bits per heavy atom. The molecule has 0 saturated carbocycles. The predicted octanol–water partition coefficient (Wildman–Crippen LogP) is 4.36. The number of allylic oxidation sites excluding steroid dienone is 1. The van der Waals surface area contributed by atoms with Crippen molar-refractivity contribution in [3.05, 3.63) is 37.2 Å². The molecule has 2 rings (SSSR count). The van der Waals surface area contributed by atoms with Gasteiger partial charge in [-0.05, 0) is 30.9 Å². The van der Waals surface area contributed by atoms with Crippen molar-refractivity contribution in [2.45, 2.75) is 77.8 Å². The van der Waals surface area contributed by atoms with Crippen LogP contribution in [0, 0.1) is 0 Å². The third kappa shape index (κ3) is 8.85. The highest BCUT2D eigenvalue weighted by Crippen LogP contribution is 2.23. The zero-order chi connectivity index (χ0) is 21.8. The molecule has 0 aromatic rings. The molecule has 12 heteroatoms. The molecule has 2 saturated heterocycles. The minimum Gasteiger partial charge on any atom is -0.453 e. The van der Waals surface area contributed by atoms with Gasteiger partial charge < -0.3 is 27.4 Å². The van der Waals surface area contributed by atoms with E-state index in [1.54, 1.807) is 12.0 Å². The fraction of sp³-hybridized carbons (Fsp3) is 0.667. The van der Waals surface area contributed by atoms with Crippen LogP contribution in [0.5, 0.6) is 0 Å². The molecule has 0 aliphatic carbocycles. The first-order valence-electron chi connectivity index (χ1n) is 11.4. The Hall–Kier alpha value is -0.630. The molecule has 0 unspecified atom stereocenters. The van der Waals surface area contributed by atoms with Crippen LogP contribution < -0.4 is 0 Å². The standard InChI is InChI=1S/C18H34B6O6/c1-6-10-15-21-26-22(16-11-7-2)28-23(27-21)17-13-12-14-18(5)24-29-19(8-3)25-20(9-4)30-24/h8-9H,3-7,10-17H2,1-2H3. The summed E-state index contributed by atoms with van der Waals surface area (Å²) in [5.41, 5.74) is 0.882. The van der Waals surface area contributed by atoms with Crippen LogP contribution in [0.1, 0.15) is 58.8 Å². The van der Waals surface area contributed by atoms with E-state index in [2.05, 4.69) is 33.6 Å². The van der Waals surface area contributed by atoms with E-state index in [1.807, 2.05) is 0 Å². The van der Waals surface area contributed by atoms with Crippen molar-refractivity contribution in [1.29, 1.82) is 0 Å². The normalized spacial score (nSPS) is 17.5. The summed E-state index contributed by atoms with van der Waals surface area (Å²) in [4.78, 5) is 0. The Bertz CT molecular complexity index is 509. The topological polar surface area (TPSA) is 55.4 Å². The summed E-state index contributed by atoms with van der Waals surface area (Å²) in [5.74, 6) is 3.20. The van der Waals surface area contributed by atoms with E-state index in [4.69, 9.17) is 27.4 Å². The first kappa shape index (κ1) is 25.6. The number of rotatable bonds is 14. The molecule has 0 N–H and O–H groups in total. The molecule has 30 heavy (non-hydrogen) atoms. The van der Waals surface area contributed by atoms with Crippen molar-refractivity contribution in [2.24, 2.45) is 0 Å². The second-order valence-electron chi connectivity index (χ2n) is 7.83. The van der Waals surface area contributed by atoms with Crippen LogP contribution in [-0.2, 0) is 27.4 Å². The highest BCUT2D eigenvalue weighted by molar-refractivity contribution is 6.79. The fourth-order valence-corrected chi connectivity index (χ4v) is 3.42. The molecular weight excluding hydrogens is 377 g/mol. The lowest BCUT2D eigenvalue weighted by Crippen LogP contribution is -2.48. The number of hydrogen-bond acceptors (Lipinski definition) is 6. The van der Waals surface area contributed by atoms with Crippen molar-refractivity contribution < 1.29 is 27.4 Å². The Labute approximate surface area is 185 Å². The van der Waals surface area contributed by atoms with Gasteiger partial charge in [0.1, 0.15) is 0 Å². The summed E-state index contributed by atoms with van der Waals surface area (Å²) in [6.45, 7) is 15.9. The zero-order valence-electron chi connectivity index (χ0n) is 18.8. The lowest BCUT2D eigenvalue weighted by atomic mass is 9.63. The molecule has 160 valence electrons. The van der Waals surface area contributed by atoms with Crippen LogP contribution in [0.3, 0.4) is 0 Å². The lowest BCUT2D eigenvalue weighted by Gasteiger charge is -2.31. The van der Waals surface area contributed by atoms with Gasteiger partial charge in [0.15, 0.2) is 0 Å². The van der Waals surface area contributed by atoms with E-state index in [9.17, 15) is 0 Å². The van der Waals surface area contributed by atoms with Gasteiger partial charge in [-0.3, -0.25) is 0 Å². The van der Waals surface area contributed by atoms with Gasteiger partial charge in [-0.15, -0.1) is 19.7 Å². The van der Waals surface area contributed by atoms with Crippen molar-refractivity contribution in [2.75, 3.05) is 0 Å². The summed E-state index contributed by atoms with van der Waals surface area (Å²) in [7, 11) is -2.08. The van der Waals surface area contributed by atoms with Gasteiger partial charge in [0.25, 0.3) is 0 Å². The average Bonchev–Trinajstić information content (AvgIpc) is 2.78. The van der Waals surface area contributed by atoms with Gasteiger partial charge in [0.05, 0.1) is 0 Å². The molecule has 0 amide bonds. The van der Waals surface area contributed by atoms with E-state index in [-0.39, 0.29) is 21.4 Å². The van der Waals surface area contributed by atoms with Gasteiger partial charge in [-0.25, -0.2) is 0 Å². The Morgan fingerprint density at radius 2 is 1.13 bits per heavy atom. The van der Waals surface area contributed by atoms with Crippen molar-refractivity contribution in [3.63, 3.8) is 0 Å². The highest BCUT2D eigenvalue weighted by atomic mass is 16.7. The number of unbranched alkanes of at least 4 members (excludes halogenated alkanes) is 3. The van der Waals surface area contributed by atoms with Crippen LogP contribution in [0.15, 0.2) is 37.2 Å². The molecule has 2 fully saturated rings. The lowest BCUT2D eigenvalue weighted by molar-refractivity contribution is 0.275. The Morgan fingerprint density at radius 1 is 0.667 bits per heavy atom. The molecular formula is C18H34B6O6. The predicted molar refractivity (Wildman–Crippen MR) is 129 cm³/mol. The van der Waals surface area contributed by atoms with E-state index >= 15 is 0 Å². The zero-order valence-corrected chi connectivity index (χ0v) is 18.8. The van der Waals surface area contributed by atoms with Gasteiger partial charge >= 0.3 is 42.7 Å². The molecule has 0 radical (unpaired) electrons. The van der Waals surface area contributed by atoms with Crippen LogP contribution in [-0.4, -0.2) is 42.7 Å². The molecule has 0 bridgehead atoms. The third-order valence-electron chi connectivity index (χ3n) is 5.19. The number of hydrogen-bond donors (Lipinski definition) is 0. The maximum atomic E-state index is 6.02. The maximum Gasteiger partial charge on any atom is 0.462 e. The average molecular weight is 411 g/mol. The first-order valence-corrected chi connectivity index (χ1v) is 11.4. The molecule has 2 aliphatic heterocycles. The Kier molecular flexibility index (Phi) is 12.3. The second-order valence-corrected chi connectivity index (χ2v) is 7.83. The highest BCUT2D eigenvalue weighted by Gasteiger charge is 2.40. The minimum atomic E-state index is -0.521. The monoisotopic (exact) mass is 412 g/mol. The van der Waals surface area contributed by atoms with Gasteiger partial charge in [-0.2, -0.15) is 0 Å². The molecule has 2 heterocycles. The van der Waals surface area contributed by atoms with Crippen molar-refractivity contribution in [3.8, 4) is 0 Å². The van der Waals surface area contributed by atoms with Crippen LogP contribution in [0.4, 0.5) is 0 Å². The maximum absolute atomic E-state index is 6.02. The van der Waals surface area contributed by atoms with E-state index in [0.717, 1.165) is 69.4 Å². The molecule has 6 nitrogen and oxygen atoms in total.